The van der Waals surface area contributed by atoms with Crippen molar-refractivity contribution in [2.24, 2.45) is 0 Å². The van der Waals surface area contributed by atoms with Crippen LogP contribution < -0.4 is 5.32 Å². The van der Waals surface area contributed by atoms with Crippen LogP contribution in [0.4, 0.5) is 10.5 Å². The summed E-state index contributed by atoms with van der Waals surface area (Å²) in [5.74, 6) is -0.0520. The van der Waals surface area contributed by atoms with E-state index in [1.54, 1.807) is 12.1 Å². The lowest BCUT2D eigenvalue weighted by molar-refractivity contribution is 0.0680. The summed E-state index contributed by atoms with van der Waals surface area (Å²) in [6.45, 7) is 3.92. The van der Waals surface area contributed by atoms with Crippen LogP contribution in [0, 0.1) is 0 Å². The molecule has 3 saturated heterocycles. The van der Waals surface area contributed by atoms with Gasteiger partial charge >= 0.3 is 6.09 Å². The number of rotatable bonds is 4. The van der Waals surface area contributed by atoms with Crippen molar-refractivity contribution in [1.29, 1.82) is 0 Å². The van der Waals surface area contributed by atoms with Gasteiger partial charge < -0.3 is 14.5 Å². The number of piperidine rings is 1. The molecule has 8 nitrogen and oxygen atoms in total. The Morgan fingerprint density at radius 2 is 1.87 bits per heavy atom. The molecule has 6 rings (SSSR count). The van der Waals surface area contributed by atoms with E-state index in [0.717, 1.165) is 50.1 Å². The van der Waals surface area contributed by atoms with E-state index < -0.39 is 6.09 Å². The monoisotopic (exact) mass is 419 g/mol. The molecule has 2 bridgehead atoms. The smallest absolute Gasteiger partial charge is 0.411 e. The van der Waals surface area contributed by atoms with E-state index in [2.05, 4.69) is 20.4 Å². The fourth-order valence-electron chi connectivity index (χ4n) is 4.42. The van der Waals surface area contributed by atoms with Gasteiger partial charge in [-0.1, -0.05) is 30.3 Å². The maximum absolute atomic E-state index is 13.3. The van der Waals surface area contributed by atoms with E-state index in [-0.39, 0.29) is 18.6 Å². The van der Waals surface area contributed by atoms with Crippen LogP contribution in [0.5, 0.6) is 0 Å². The number of nitrogens with zero attached hydrogens (tertiary/aromatic N) is 3. The standard InChI is InChI=1S/C23H25N5O3/c29-22(28-13-12-27-10-8-18(28)9-11-27)21-19-14-17(6-7-20(19)25-26-21)24-23(30)31-15-16-4-2-1-3-5-16/h1-7,14,18H,8-13,15H2,(H,24,30)(H,25,26). The van der Waals surface area contributed by atoms with Crippen molar-refractivity contribution >= 4 is 28.6 Å². The highest BCUT2D eigenvalue weighted by atomic mass is 16.5. The molecule has 2 N–H and O–H groups in total. The minimum absolute atomic E-state index is 0.0520. The van der Waals surface area contributed by atoms with Crippen molar-refractivity contribution in [3.8, 4) is 0 Å². The lowest BCUT2D eigenvalue weighted by Crippen LogP contribution is -2.41. The van der Waals surface area contributed by atoms with Crippen LogP contribution in [0.15, 0.2) is 48.5 Å². The Morgan fingerprint density at radius 3 is 2.68 bits per heavy atom. The zero-order valence-electron chi connectivity index (χ0n) is 17.2. The summed E-state index contributed by atoms with van der Waals surface area (Å²) in [6.07, 6.45) is 1.47. The minimum atomic E-state index is -0.543. The fourth-order valence-corrected chi connectivity index (χ4v) is 4.42. The molecule has 0 unspecified atom stereocenters. The lowest BCUT2D eigenvalue weighted by Gasteiger charge is -2.31. The van der Waals surface area contributed by atoms with Gasteiger partial charge in [0.1, 0.15) is 6.61 Å². The number of H-pyrrole nitrogens is 1. The first-order valence-electron chi connectivity index (χ1n) is 10.7. The van der Waals surface area contributed by atoms with Gasteiger partial charge in [-0.05, 0) is 36.6 Å². The van der Waals surface area contributed by atoms with Gasteiger partial charge in [0.2, 0.25) is 0 Å². The average molecular weight is 419 g/mol. The predicted octanol–water partition coefficient (Wildman–Crippen LogP) is 3.23. The first kappa shape index (κ1) is 19.6. The summed E-state index contributed by atoms with van der Waals surface area (Å²) in [4.78, 5) is 29.9. The van der Waals surface area contributed by atoms with E-state index in [9.17, 15) is 9.59 Å². The summed E-state index contributed by atoms with van der Waals surface area (Å²) in [6, 6.07) is 15.1. The van der Waals surface area contributed by atoms with Crippen LogP contribution >= 0.6 is 0 Å². The highest BCUT2D eigenvalue weighted by Gasteiger charge is 2.33. The fraction of sp³-hybridized carbons (Fsp3) is 0.348. The quantitative estimate of drug-likeness (QED) is 0.678. The molecular formula is C23H25N5O3. The third-order valence-corrected chi connectivity index (χ3v) is 6.14. The zero-order valence-corrected chi connectivity index (χ0v) is 17.2. The van der Waals surface area contributed by atoms with Crippen LogP contribution in [0.3, 0.4) is 0 Å². The number of aromatic amines is 1. The number of nitrogens with one attached hydrogen (secondary N) is 2. The number of fused-ring (bicyclic) bond motifs is 5. The van der Waals surface area contributed by atoms with Gasteiger partial charge in [0, 0.05) is 43.3 Å². The van der Waals surface area contributed by atoms with Crippen LogP contribution in [0.25, 0.3) is 10.9 Å². The van der Waals surface area contributed by atoms with Crippen LogP contribution in [0.1, 0.15) is 28.9 Å². The van der Waals surface area contributed by atoms with Gasteiger partial charge in [-0.25, -0.2) is 4.79 Å². The van der Waals surface area contributed by atoms with Crippen LogP contribution in [-0.4, -0.2) is 64.2 Å². The number of anilines is 1. The molecule has 0 radical (unpaired) electrons. The Labute approximate surface area is 180 Å². The van der Waals surface area contributed by atoms with E-state index in [0.29, 0.717) is 16.8 Å². The molecule has 31 heavy (non-hydrogen) atoms. The number of carbonyl (C=O) groups excluding carboxylic acids is 2. The summed E-state index contributed by atoms with van der Waals surface area (Å²) in [5, 5.41) is 10.7. The molecule has 0 aliphatic carbocycles. The van der Waals surface area contributed by atoms with E-state index in [4.69, 9.17) is 4.74 Å². The molecular weight excluding hydrogens is 394 g/mol. The van der Waals surface area contributed by atoms with Crippen molar-refractivity contribution in [2.75, 3.05) is 31.5 Å². The van der Waals surface area contributed by atoms with Crippen molar-refractivity contribution in [3.05, 3.63) is 59.8 Å². The highest BCUT2D eigenvalue weighted by Crippen LogP contribution is 2.26. The van der Waals surface area contributed by atoms with Crippen molar-refractivity contribution < 1.29 is 14.3 Å². The summed E-state index contributed by atoms with van der Waals surface area (Å²) in [7, 11) is 0. The van der Waals surface area contributed by atoms with Gasteiger partial charge in [-0.15, -0.1) is 0 Å². The van der Waals surface area contributed by atoms with Crippen LogP contribution in [0.2, 0.25) is 0 Å². The number of carbonyl (C=O) groups is 2. The lowest BCUT2D eigenvalue weighted by atomic mass is 10.0. The van der Waals surface area contributed by atoms with Gasteiger partial charge in [-0.2, -0.15) is 5.10 Å². The van der Waals surface area contributed by atoms with Crippen molar-refractivity contribution in [1.82, 2.24) is 20.0 Å². The van der Waals surface area contributed by atoms with Crippen molar-refractivity contribution in [3.63, 3.8) is 0 Å². The molecule has 0 atom stereocenters. The third kappa shape index (κ3) is 4.11. The number of amides is 2. The number of hydrogen-bond donors (Lipinski definition) is 2. The molecule has 8 heteroatoms. The largest absolute Gasteiger partial charge is 0.444 e. The molecule has 3 aliphatic rings. The molecule has 3 fully saturated rings. The van der Waals surface area contributed by atoms with Gasteiger partial charge in [-0.3, -0.25) is 15.2 Å². The second-order valence-electron chi connectivity index (χ2n) is 8.09. The molecule has 0 saturated carbocycles. The predicted molar refractivity (Wildman–Crippen MR) is 117 cm³/mol. The molecule has 1 aromatic heterocycles. The summed E-state index contributed by atoms with van der Waals surface area (Å²) >= 11 is 0. The summed E-state index contributed by atoms with van der Waals surface area (Å²) < 4.78 is 5.29. The Kier molecular flexibility index (Phi) is 5.30. The second kappa shape index (κ2) is 8.39. The number of ether oxygens (including phenoxy) is 1. The molecule has 2 aromatic carbocycles. The third-order valence-electron chi connectivity index (χ3n) is 6.14. The van der Waals surface area contributed by atoms with E-state index in [1.807, 2.05) is 41.3 Å². The first-order chi connectivity index (χ1) is 15.2. The molecule has 2 amide bonds. The van der Waals surface area contributed by atoms with E-state index >= 15 is 0 Å². The Hall–Kier alpha value is -3.39. The Bertz CT molecular complexity index is 1090. The highest BCUT2D eigenvalue weighted by molar-refractivity contribution is 6.06. The molecule has 3 aliphatic heterocycles. The van der Waals surface area contributed by atoms with Crippen molar-refractivity contribution in [2.45, 2.75) is 25.5 Å². The maximum Gasteiger partial charge on any atom is 0.411 e. The molecule has 160 valence electrons. The van der Waals surface area contributed by atoms with Gasteiger partial charge in [0.15, 0.2) is 5.69 Å². The van der Waals surface area contributed by atoms with Gasteiger partial charge in [0.05, 0.1) is 5.52 Å². The molecule has 0 spiro atoms. The van der Waals surface area contributed by atoms with Gasteiger partial charge in [0.25, 0.3) is 5.91 Å². The normalized spacial score (nSPS) is 20.5. The number of benzene rings is 2. The molecule has 3 aromatic rings. The number of aromatic nitrogens is 2. The topological polar surface area (TPSA) is 90.6 Å². The Morgan fingerprint density at radius 1 is 1.06 bits per heavy atom. The second-order valence-corrected chi connectivity index (χ2v) is 8.09. The van der Waals surface area contributed by atoms with Crippen LogP contribution in [-0.2, 0) is 11.3 Å². The maximum atomic E-state index is 13.3. The minimum Gasteiger partial charge on any atom is -0.444 e. The average Bonchev–Trinajstić information content (AvgIpc) is 2.98. The zero-order chi connectivity index (χ0) is 21.2. The number of hydrogen-bond acceptors (Lipinski definition) is 5. The Balaban J connectivity index is 1.31. The first-order valence-corrected chi connectivity index (χ1v) is 10.7. The molecule has 4 heterocycles. The SMILES string of the molecule is O=C(Nc1ccc2[nH]nc(C(=O)N3CCN4CCC3CC4)c2c1)OCc1ccccc1. The van der Waals surface area contributed by atoms with E-state index in [1.165, 1.54) is 0 Å². The summed E-state index contributed by atoms with van der Waals surface area (Å²) in [5.41, 5.74) is 2.63.